The summed E-state index contributed by atoms with van der Waals surface area (Å²) < 4.78 is 7.15. The van der Waals surface area contributed by atoms with E-state index in [1.54, 1.807) is 5.56 Å². The Kier molecular flexibility index (Phi) is 12.1. The van der Waals surface area contributed by atoms with Crippen LogP contribution in [0, 0.1) is 30.6 Å². The highest BCUT2D eigenvalue weighted by Gasteiger charge is 2.60. The zero-order valence-corrected chi connectivity index (χ0v) is 33.5. The Morgan fingerprint density at radius 3 is 2.20 bits per heavy atom. The van der Waals surface area contributed by atoms with Crippen molar-refractivity contribution < 1.29 is 4.74 Å². The standard InChI is InChI=1S/C49H69NO/c1-9-18-41-33-44(39-24-11-10-12-25-39)49(34-50(8)45-27-14-13-26-43(45)49)46(41)42-29-28-40-30-32-48(7,51-47(40)38(42)6)31-17-23-37(5)22-16-21-36(4)20-15-19-35(2)3/h10-14,24-30,32,35-37,41,44,46H,9,15-23,31,33-34H2,1-8H3/t36-,37-,41?,44?,46?,48-,49?/m0/s1. The highest BCUT2D eigenvalue weighted by Crippen LogP contribution is 2.66. The van der Waals surface area contributed by atoms with Gasteiger partial charge in [-0.2, -0.15) is 0 Å². The third-order valence-corrected chi connectivity index (χ3v) is 13.4. The number of hydrogen-bond donors (Lipinski definition) is 0. The molecule has 2 aliphatic heterocycles. The van der Waals surface area contributed by atoms with Crippen LogP contribution in [-0.2, 0) is 5.41 Å². The minimum absolute atomic E-state index is 0.0152. The third kappa shape index (κ3) is 8.01. The fourth-order valence-corrected chi connectivity index (χ4v) is 10.7. The van der Waals surface area contributed by atoms with E-state index in [1.807, 2.05) is 0 Å². The third-order valence-electron chi connectivity index (χ3n) is 13.4. The lowest BCUT2D eigenvalue weighted by molar-refractivity contribution is 0.121. The normalized spacial score (nSPS) is 26.4. The molecule has 51 heavy (non-hydrogen) atoms. The zero-order chi connectivity index (χ0) is 36.2. The van der Waals surface area contributed by atoms with Crippen LogP contribution in [0.3, 0.4) is 0 Å². The van der Waals surface area contributed by atoms with Gasteiger partial charge in [-0.3, -0.25) is 0 Å². The lowest BCUT2D eigenvalue weighted by Gasteiger charge is -2.41. The van der Waals surface area contributed by atoms with E-state index in [1.165, 1.54) is 98.6 Å². The minimum atomic E-state index is -0.260. The van der Waals surface area contributed by atoms with Gasteiger partial charge in [0, 0.05) is 30.3 Å². The molecule has 0 bridgehead atoms. The molecule has 0 aromatic heterocycles. The van der Waals surface area contributed by atoms with Gasteiger partial charge in [0.15, 0.2) is 0 Å². The second-order valence-electron chi connectivity index (χ2n) is 17.9. The number of nitrogens with zero attached hydrogens (tertiary/aromatic N) is 1. The second kappa shape index (κ2) is 16.3. The van der Waals surface area contributed by atoms with Crippen molar-refractivity contribution in [1.29, 1.82) is 0 Å². The van der Waals surface area contributed by atoms with Crippen LogP contribution in [-0.4, -0.2) is 19.2 Å². The maximum atomic E-state index is 7.15. The minimum Gasteiger partial charge on any atom is -0.483 e. The van der Waals surface area contributed by atoms with Crippen molar-refractivity contribution in [3.63, 3.8) is 0 Å². The molecule has 1 saturated carbocycles. The van der Waals surface area contributed by atoms with Crippen LogP contribution < -0.4 is 9.64 Å². The van der Waals surface area contributed by atoms with Crippen LogP contribution >= 0.6 is 0 Å². The van der Waals surface area contributed by atoms with Gasteiger partial charge < -0.3 is 9.64 Å². The maximum absolute atomic E-state index is 7.15. The summed E-state index contributed by atoms with van der Waals surface area (Å²) in [6.45, 7) is 17.8. The molecule has 3 aromatic rings. The van der Waals surface area contributed by atoms with Crippen molar-refractivity contribution in [2.75, 3.05) is 18.5 Å². The second-order valence-corrected chi connectivity index (χ2v) is 17.9. The first-order valence-electron chi connectivity index (χ1n) is 20.9. The van der Waals surface area contributed by atoms with Crippen molar-refractivity contribution >= 4 is 11.8 Å². The van der Waals surface area contributed by atoms with Crippen molar-refractivity contribution in [3.05, 3.63) is 101 Å². The topological polar surface area (TPSA) is 12.5 Å². The molecule has 2 nitrogen and oxygen atoms in total. The van der Waals surface area contributed by atoms with E-state index in [0.29, 0.717) is 17.8 Å². The molecule has 4 unspecified atom stereocenters. The number of likely N-dealkylation sites (N-methyl/N-ethyl adjacent to an activating group) is 1. The van der Waals surface area contributed by atoms with E-state index < -0.39 is 0 Å². The van der Waals surface area contributed by atoms with Crippen molar-refractivity contribution in [2.24, 2.45) is 23.7 Å². The largest absolute Gasteiger partial charge is 0.483 e. The summed E-state index contributed by atoms with van der Waals surface area (Å²) in [4.78, 5) is 2.55. The van der Waals surface area contributed by atoms with E-state index in [9.17, 15) is 0 Å². The van der Waals surface area contributed by atoms with Gasteiger partial charge in [0.2, 0.25) is 0 Å². The molecule has 1 aliphatic carbocycles. The maximum Gasteiger partial charge on any atom is 0.131 e. The first kappa shape index (κ1) is 37.7. The fraction of sp³-hybridized carbons (Fsp3) is 0.592. The number of para-hydroxylation sites is 1. The van der Waals surface area contributed by atoms with Gasteiger partial charge in [0.05, 0.1) is 0 Å². The van der Waals surface area contributed by atoms with E-state index >= 15 is 0 Å². The molecule has 0 radical (unpaired) electrons. The Morgan fingerprint density at radius 1 is 0.824 bits per heavy atom. The number of hydrogen-bond acceptors (Lipinski definition) is 2. The quantitative estimate of drug-likeness (QED) is 0.149. The number of fused-ring (bicyclic) bond motifs is 3. The molecule has 1 fully saturated rings. The summed E-state index contributed by atoms with van der Waals surface area (Å²) in [6, 6.07) is 25.6. The van der Waals surface area contributed by atoms with Crippen LogP contribution in [0.2, 0.25) is 0 Å². The Morgan fingerprint density at radius 2 is 1.49 bits per heavy atom. The molecule has 2 heteroatoms. The highest BCUT2D eigenvalue weighted by molar-refractivity contribution is 5.69. The van der Waals surface area contributed by atoms with E-state index in [0.717, 1.165) is 36.5 Å². The highest BCUT2D eigenvalue weighted by atomic mass is 16.5. The van der Waals surface area contributed by atoms with Gasteiger partial charge in [-0.25, -0.2) is 0 Å². The Bertz CT molecular complexity index is 1610. The molecule has 7 atom stereocenters. The summed E-state index contributed by atoms with van der Waals surface area (Å²) in [5.74, 6) is 5.14. The molecule has 1 spiro atoms. The fourth-order valence-electron chi connectivity index (χ4n) is 10.7. The zero-order valence-electron chi connectivity index (χ0n) is 33.5. The number of ether oxygens (including phenoxy) is 1. The molecule has 3 aromatic carbocycles. The summed E-state index contributed by atoms with van der Waals surface area (Å²) in [5.41, 5.74) is 8.33. The van der Waals surface area contributed by atoms with Gasteiger partial charge in [0.1, 0.15) is 11.4 Å². The van der Waals surface area contributed by atoms with Crippen LogP contribution in [0.15, 0.2) is 72.8 Å². The molecular weight excluding hydrogens is 619 g/mol. The summed E-state index contributed by atoms with van der Waals surface area (Å²) in [6.07, 6.45) is 20.3. The van der Waals surface area contributed by atoms with Gasteiger partial charge in [-0.05, 0) is 103 Å². The SMILES string of the molecule is CCCC1CC(c2ccccc2)C2(CN(C)c3ccccc32)C1c1ccc2c(c1C)O[C@@](C)(CCC[C@@H](C)CCC[C@@H](C)CCCC(C)C)C=C2. The van der Waals surface area contributed by atoms with Gasteiger partial charge in [-0.15, -0.1) is 0 Å². The van der Waals surface area contributed by atoms with Crippen molar-refractivity contribution in [2.45, 2.75) is 148 Å². The average Bonchev–Trinajstić information content (AvgIpc) is 3.58. The Labute approximate surface area is 312 Å². The smallest absolute Gasteiger partial charge is 0.131 e. The molecule has 0 N–H and O–H groups in total. The summed E-state index contributed by atoms with van der Waals surface area (Å²) >= 11 is 0. The van der Waals surface area contributed by atoms with E-state index in [2.05, 4.69) is 139 Å². The molecular formula is C49H69NO. The van der Waals surface area contributed by atoms with Gasteiger partial charge >= 0.3 is 0 Å². The van der Waals surface area contributed by atoms with Crippen LogP contribution in [0.5, 0.6) is 5.75 Å². The predicted octanol–water partition coefficient (Wildman–Crippen LogP) is 13.7. The van der Waals surface area contributed by atoms with Crippen LogP contribution in [0.1, 0.15) is 158 Å². The molecule has 0 amide bonds. The van der Waals surface area contributed by atoms with E-state index in [4.69, 9.17) is 4.74 Å². The lowest BCUT2D eigenvalue weighted by atomic mass is 9.62. The Hall–Kier alpha value is -3.00. The summed E-state index contributed by atoms with van der Waals surface area (Å²) in [5, 5.41) is 0. The first-order chi connectivity index (χ1) is 24.6. The van der Waals surface area contributed by atoms with Crippen molar-refractivity contribution in [3.8, 4) is 5.75 Å². The van der Waals surface area contributed by atoms with Crippen molar-refractivity contribution in [1.82, 2.24) is 0 Å². The average molecular weight is 688 g/mol. The molecule has 0 saturated heterocycles. The van der Waals surface area contributed by atoms with E-state index in [-0.39, 0.29) is 11.0 Å². The number of benzene rings is 3. The van der Waals surface area contributed by atoms with Crippen LogP contribution in [0.4, 0.5) is 5.69 Å². The summed E-state index contributed by atoms with van der Waals surface area (Å²) in [7, 11) is 2.31. The lowest BCUT2D eigenvalue weighted by Crippen LogP contribution is -2.40. The van der Waals surface area contributed by atoms with Gasteiger partial charge in [-0.1, -0.05) is 159 Å². The monoisotopic (exact) mass is 688 g/mol. The van der Waals surface area contributed by atoms with Crippen LogP contribution in [0.25, 0.3) is 6.08 Å². The molecule has 276 valence electrons. The molecule has 2 heterocycles. The Balaban J connectivity index is 1.20. The molecule has 3 aliphatic rings. The number of rotatable bonds is 16. The van der Waals surface area contributed by atoms with Gasteiger partial charge in [0.25, 0.3) is 0 Å². The first-order valence-corrected chi connectivity index (χ1v) is 20.9. The molecule has 6 rings (SSSR count). The predicted molar refractivity (Wildman–Crippen MR) is 220 cm³/mol. The number of anilines is 1.